The maximum absolute atomic E-state index is 14.2. The highest BCUT2D eigenvalue weighted by molar-refractivity contribution is 6.32. The molecule has 49 heavy (non-hydrogen) atoms. The number of hydrogen-bond acceptors (Lipinski definition) is 6. The largest absolute Gasteiger partial charge is 0.573 e. The van der Waals surface area contributed by atoms with Gasteiger partial charge in [0.2, 0.25) is 0 Å². The van der Waals surface area contributed by atoms with Crippen molar-refractivity contribution < 1.29 is 46.8 Å². The van der Waals surface area contributed by atoms with Crippen LogP contribution in [0.15, 0.2) is 78.9 Å². The Kier molecular flexibility index (Phi) is 12.3. The van der Waals surface area contributed by atoms with E-state index in [-0.39, 0.29) is 36.1 Å². The van der Waals surface area contributed by atoms with Gasteiger partial charge in [-0.15, -0.1) is 13.2 Å². The standard InChI is InChI=1S/C36H35ClF4N2O6/c1-21(2)43-29(15-14-26(44)18-27(45)19-31(46)48-3)32(24-10-12-25(38)13-11-24)33(23-7-5-4-6-8-23)34(43)35(47)42-20-22-9-16-30(28(37)17-22)49-36(39,40)41/h4-17,21,26-27,44-45H,18-20H2,1-3H3,(H,42,47)/b15-14+/t26-,27-/m1/s1. The molecule has 0 bridgehead atoms. The summed E-state index contributed by atoms with van der Waals surface area (Å²) in [5.41, 5.74) is 3.41. The van der Waals surface area contributed by atoms with Crippen LogP contribution in [0.1, 0.15) is 54.5 Å². The van der Waals surface area contributed by atoms with Crippen LogP contribution in [0, 0.1) is 5.82 Å². The minimum absolute atomic E-state index is 0.101. The van der Waals surface area contributed by atoms with E-state index in [2.05, 4.69) is 14.8 Å². The molecule has 0 saturated carbocycles. The number of carbonyl (C=O) groups is 2. The number of amides is 1. The molecular formula is C36H35ClF4N2O6. The monoisotopic (exact) mass is 702 g/mol. The molecule has 0 aliphatic carbocycles. The molecule has 1 amide bonds. The first-order chi connectivity index (χ1) is 23.2. The van der Waals surface area contributed by atoms with Crippen LogP contribution in [0.5, 0.6) is 5.75 Å². The van der Waals surface area contributed by atoms with E-state index in [9.17, 15) is 37.4 Å². The summed E-state index contributed by atoms with van der Waals surface area (Å²) in [6.45, 7) is 3.61. The van der Waals surface area contributed by atoms with Crippen molar-refractivity contribution in [3.05, 3.63) is 107 Å². The Morgan fingerprint density at radius 2 is 1.63 bits per heavy atom. The second kappa shape index (κ2) is 16.2. The van der Waals surface area contributed by atoms with E-state index in [1.165, 1.54) is 37.5 Å². The second-order valence-electron chi connectivity index (χ2n) is 11.4. The van der Waals surface area contributed by atoms with Crippen LogP contribution in [-0.4, -0.2) is 52.3 Å². The Morgan fingerprint density at radius 3 is 2.22 bits per heavy atom. The molecule has 1 heterocycles. The predicted octanol–water partition coefficient (Wildman–Crippen LogP) is 7.71. The van der Waals surface area contributed by atoms with Gasteiger partial charge in [0.15, 0.2) is 0 Å². The van der Waals surface area contributed by atoms with Crippen molar-refractivity contribution >= 4 is 29.6 Å². The van der Waals surface area contributed by atoms with Gasteiger partial charge in [-0.1, -0.05) is 66.2 Å². The molecule has 13 heteroatoms. The van der Waals surface area contributed by atoms with Crippen molar-refractivity contribution in [2.45, 2.75) is 57.8 Å². The number of methoxy groups -OCH3 is 1. The molecule has 260 valence electrons. The molecule has 2 atom stereocenters. The van der Waals surface area contributed by atoms with Crippen LogP contribution in [-0.2, 0) is 16.1 Å². The first-order valence-corrected chi connectivity index (χ1v) is 15.6. The molecule has 0 radical (unpaired) electrons. The van der Waals surface area contributed by atoms with Crippen LogP contribution in [0.4, 0.5) is 17.6 Å². The molecule has 0 unspecified atom stereocenters. The number of ether oxygens (including phenoxy) is 2. The van der Waals surface area contributed by atoms with Gasteiger partial charge in [0.25, 0.3) is 5.91 Å². The van der Waals surface area contributed by atoms with Crippen LogP contribution >= 0.6 is 11.6 Å². The van der Waals surface area contributed by atoms with Crippen molar-refractivity contribution in [1.82, 2.24) is 9.88 Å². The summed E-state index contributed by atoms with van der Waals surface area (Å²) in [6, 6.07) is 18.1. The Hall–Kier alpha value is -4.65. The van der Waals surface area contributed by atoms with Crippen molar-refractivity contribution in [3.8, 4) is 28.0 Å². The maximum Gasteiger partial charge on any atom is 0.573 e. The normalized spacial score (nSPS) is 13.0. The van der Waals surface area contributed by atoms with E-state index in [4.69, 9.17) is 11.6 Å². The van der Waals surface area contributed by atoms with Crippen molar-refractivity contribution in [2.75, 3.05) is 7.11 Å². The number of nitrogens with one attached hydrogen (secondary N) is 1. The lowest BCUT2D eigenvalue weighted by molar-refractivity contribution is -0.274. The van der Waals surface area contributed by atoms with Crippen molar-refractivity contribution in [1.29, 1.82) is 0 Å². The summed E-state index contributed by atoms with van der Waals surface area (Å²) >= 11 is 6.03. The van der Waals surface area contributed by atoms with E-state index in [0.717, 1.165) is 6.07 Å². The number of halogens is 5. The van der Waals surface area contributed by atoms with E-state index in [1.54, 1.807) is 34.9 Å². The van der Waals surface area contributed by atoms with Gasteiger partial charge in [-0.25, -0.2) is 4.39 Å². The lowest BCUT2D eigenvalue weighted by Crippen LogP contribution is -2.27. The molecule has 0 aliphatic rings. The molecule has 8 nitrogen and oxygen atoms in total. The molecule has 4 rings (SSSR count). The zero-order valence-electron chi connectivity index (χ0n) is 26.8. The van der Waals surface area contributed by atoms with Crippen molar-refractivity contribution in [3.63, 3.8) is 0 Å². The molecule has 0 aliphatic heterocycles. The van der Waals surface area contributed by atoms with Crippen LogP contribution in [0.2, 0.25) is 5.02 Å². The van der Waals surface area contributed by atoms with Gasteiger partial charge in [0, 0.05) is 35.8 Å². The molecular weight excluding hydrogens is 668 g/mol. The fraction of sp³-hybridized carbons (Fsp3) is 0.278. The van der Waals surface area contributed by atoms with E-state index < -0.39 is 42.0 Å². The number of benzene rings is 3. The highest BCUT2D eigenvalue weighted by Crippen LogP contribution is 2.42. The zero-order chi connectivity index (χ0) is 35.9. The number of aromatic nitrogens is 1. The Balaban J connectivity index is 1.83. The molecule has 0 fully saturated rings. The van der Waals surface area contributed by atoms with Gasteiger partial charge in [-0.3, -0.25) is 9.59 Å². The highest BCUT2D eigenvalue weighted by Gasteiger charge is 2.32. The van der Waals surface area contributed by atoms with Gasteiger partial charge in [0.05, 0.1) is 30.8 Å². The summed E-state index contributed by atoms with van der Waals surface area (Å²) in [5, 5.41) is 23.6. The first kappa shape index (κ1) is 37.2. The number of hydrogen-bond donors (Lipinski definition) is 3. The average molecular weight is 703 g/mol. The predicted molar refractivity (Wildman–Crippen MR) is 177 cm³/mol. The third-order valence-electron chi connectivity index (χ3n) is 7.47. The van der Waals surface area contributed by atoms with Gasteiger partial charge < -0.3 is 29.6 Å². The van der Waals surface area contributed by atoms with Crippen LogP contribution < -0.4 is 10.1 Å². The fourth-order valence-corrected chi connectivity index (χ4v) is 5.61. The van der Waals surface area contributed by atoms with E-state index >= 15 is 0 Å². The highest BCUT2D eigenvalue weighted by atomic mass is 35.5. The molecule has 3 N–H and O–H groups in total. The van der Waals surface area contributed by atoms with Gasteiger partial charge in [-0.2, -0.15) is 0 Å². The van der Waals surface area contributed by atoms with E-state index in [1.807, 2.05) is 32.0 Å². The number of rotatable bonds is 13. The molecule has 4 aromatic rings. The Bertz CT molecular complexity index is 1790. The fourth-order valence-electron chi connectivity index (χ4n) is 5.37. The Labute approximate surface area is 285 Å². The summed E-state index contributed by atoms with van der Waals surface area (Å²) in [4.78, 5) is 25.8. The third kappa shape index (κ3) is 9.71. The summed E-state index contributed by atoms with van der Waals surface area (Å²) in [6.07, 6.45) is -4.73. The molecule has 1 aromatic heterocycles. The lowest BCUT2D eigenvalue weighted by Gasteiger charge is -2.18. The number of aliphatic hydroxyl groups is 2. The number of alkyl halides is 3. The van der Waals surface area contributed by atoms with Gasteiger partial charge >= 0.3 is 12.3 Å². The summed E-state index contributed by atoms with van der Waals surface area (Å²) in [5.74, 6) is -2.21. The summed E-state index contributed by atoms with van der Waals surface area (Å²) < 4.78 is 62.6. The lowest BCUT2D eigenvalue weighted by atomic mass is 9.94. The minimum atomic E-state index is -4.93. The number of esters is 1. The van der Waals surface area contributed by atoms with Crippen LogP contribution in [0.25, 0.3) is 28.3 Å². The topological polar surface area (TPSA) is 110 Å². The maximum atomic E-state index is 14.2. The number of nitrogens with zero attached hydrogens (tertiary/aromatic N) is 1. The Morgan fingerprint density at radius 1 is 0.980 bits per heavy atom. The number of aliphatic hydroxyl groups excluding tert-OH is 2. The SMILES string of the molecule is COC(=O)C[C@H](O)C[C@H](O)/C=C/c1c(-c2ccc(F)cc2)c(-c2ccccc2)c(C(=O)NCc2ccc(OC(F)(F)F)c(Cl)c2)n1C(C)C. The second-order valence-corrected chi connectivity index (χ2v) is 11.8. The van der Waals surface area contributed by atoms with Crippen LogP contribution in [0.3, 0.4) is 0 Å². The van der Waals surface area contributed by atoms with E-state index in [0.29, 0.717) is 33.5 Å². The third-order valence-corrected chi connectivity index (χ3v) is 7.76. The smallest absolute Gasteiger partial charge is 0.469 e. The minimum Gasteiger partial charge on any atom is -0.469 e. The zero-order valence-corrected chi connectivity index (χ0v) is 27.6. The van der Waals surface area contributed by atoms with Crippen molar-refractivity contribution in [2.24, 2.45) is 0 Å². The molecule has 3 aromatic carbocycles. The summed E-state index contributed by atoms with van der Waals surface area (Å²) in [7, 11) is 1.19. The first-order valence-electron chi connectivity index (χ1n) is 15.2. The number of carbonyl (C=O) groups excluding carboxylic acids is 2. The molecule has 0 spiro atoms. The quantitative estimate of drug-likeness (QED) is 0.0973. The van der Waals surface area contributed by atoms with Gasteiger partial charge in [-0.05, 0) is 60.9 Å². The average Bonchev–Trinajstić information content (AvgIpc) is 3.39. The van der Waals surface area contributed by atoms with Gasteiger partial charge in [0.1, 0.15) is 17.3 Å². The molecule has 0 saturated heterocycles.